The number of rotatable bonds is 3. The summed E-state index contributed by atoms with van der Waals surface area (Å²) in [5.74, 6) is -0.909. The molecule has 0 saturated carbocycles. The smallest absolute Gasteiger partial charge is 0.406 e. The molecule has 104 valence electrons. The molecule has 1 aromatic heterocycles. The Hall–Kier alpha value is -2.57. The molecule has 2 rings (SSSR count). The van der Waals surface area contributed by atoms with Crippen molar-refractivity contribution in [2.24, 2.45) is 5.73 Å². The van der Waals surface area contributed by atoms with Crippen molar-refractivity contribution in [3.8, 4) is 17.0 Å². The van der Waals surface area contributed by atoms with Crippen LogP contribution in [0.3, 0.4) is 0 Å². The first-order valence-corrected chi connectivity index (χ1v) is 5.47. The van der Waals surface area contributed by atoms with E-state index >= 15 is 0 Å². The molecule has 1 amide bonds. The van der Waals surface area contributed by atoms with Gasteiger partial charge in [0.2, 0.25) is 5.91 Å². The maximum absolute atomic E-state index is 12.0. The van der Waals surface area contributed by atoms with Crippen molar-refractivity contribution in [1.29, 1.82) is 0 Å². The van der Waals surface area contributed by atoms with Gasteiger partial charge in [0.05, 0.1) is 11.3 Å². The Morgan fingerprint density at radius 1 is 1.10 bits per heavy atom. The van der Waals surface area contributed by atoms with Crippen LogP contribution in [0.4, 0.5) is 13.2 Å². The molecule has 20 heavy (non-hydrogen) atoms. The predicted molar refractivity (Wildman–Crippen MR) is 64.9 cm³/mol. The highest BCUT2D eigenvalue weighted by Gasteiger charge is 2.30. The Bertz CT molecular complexity index is 607. The van der Waals surface area contributed by atoms with E-state index in [1.54, 1.807) is 6.07 Å². The molecule has 0 radical (unpaired) electrons. The Morgan fingerprint density at radius 3 is 2.20 bits per heavy atom. The Kier molecular flexibility index (Phi) is 3.60. The van der Waals surface area contributed by atoms with Crippen molar-refractivity contribution >= 4 is 5.91 Å². The molecule has 0 aliphatic heterocycles. The van der Waals surface area contributed by atoms with Gasteiger partial charge in [-0.1, -0.05) is 0 Å². The van der Waals surface area contributed by atoms with Crippen molar-refractivity contribution in [3.63, 3.8) is 0 Å². The minimum atomic E-state index is -4.72. The molecule has 2 N–H and O–H groups in total. The number of aromatic nitrogens is 1. The van der Waals surface area contributed by atoms with Crippen LogP contribution in [0.25, 0.3) is 11.3 Å². The maximum atomic E-state index is 12.0. The second-order valence-electron chi connectivity index (χ2n) is 3.87. The van der Waals surface area contributed by atoms with Crippen LogP contribution in [0, 0.1) is 0 Å². The molecule has 0 aliphatic carbocycles. The molecule has 4 nitrogen and oxygen atoms in total. The Balaban J connectivity index is 2.19. The number of halogens is 3. The summed E-state index contributed by atoms with van der Waals surface area (Å²) in [5, 5.41) is 0. The van der Waals surface area contributed by atoms with Gasteiger partial charge in [-0.3, -0.25) is 9.78 Å². The average molecular weight is 282 g/mol. The number of hydrogen-bond acceptors (Lipinski definition) is 3. The van der Waals surface area contributed by atoms with Crippen LogP contribution in [-0.4, -0.2) is 17.3 Å². The van der Waals surface area contributed by atoms with Crippen molar-refractivity contribution in [2.45, 2.75) is 6.36 Å². The number of hydrogen-bond donors (Lipinski definition) is 1. The van der Waals surface area contributed by atoms with Crippen molar-refractivity contribution < 1.29 is 22.7 Å². The average Bonchev–Trinajstić information content (AvgIpc) is 2.38. The molecule has 0 saturated heterocycles. The number of ether oxygens (including phenoxy) is 1. The Labute approximate surface area is 112 Å². The van der Waals surface area contributed by atoms with Crippen LogP contribution in [-0.2, 0) is 0 Å². The van der Waals surface area contributed by atoms with Gasteiger partial charge in [-0.25, -0.2) is 0 Å². The van der Waals surface area contributed by atoms with Crippen LogP contribution in [0.5, 0.6) is 5.75 Å². The van der Waals surface area contributed by atoms with Gasteiger partial charge in [0.25, 0.3) is 0 Å². The van der Waals surface area contributed by atoms with E-state index in [-0.39, 0.29) is 11.3 Å². The minimum absolute atomic E-state index is 0.255. The van der Waals surface area contributed by atoms with Crippen LogP contribution in [0.1, 0.15) is 10.4 Å². The molecule has 1 aromatic carbocycles. The van der Waals surface area contributed by atoms with Gasteiger partial charge in [-0.15, -0.1) is 13.2 Å². The quantitative estimate of drug-likeness (QED) is 0.941. The summed E-state index contributed by atoms with van der Waals surface area (Å²) in [6.07, 6.45) is -3.42. The van der Waals surface area contributed by atoms with Gasteiger partial charge in [-0.2, -0.15) is 0 Å². The lowest BCUT2D eigenvalue weighted by Gasteiger charge is -2.09. The number of benzene rings is 1. The van der Waals surface area contributed by atoms with E-state index in [1.165, 1.54) is 36.5 Å². The number of amides is 1. The first kappa shape index (κ1) is 13.9. The van der Waals surface area contributed by atoms with E-state index in [0.717, 1.165) is 0 Å². The number of pyridine rings is 1. The number of carbonyl (C=O) groups excluding carboxylic acids is 1. The second kappa shape index (κ2) is 5.20. The minimum Gasteiger partial charge on any atom is -0.406 e. The van der Waals surface area contributed by atoms with Gasteiger partial charge in [0.1, 0.15) is 5.75 Å². The van der Waals surface area contributed by atoms with E-state index in [9.17, 15) is 18.0 Å². The fourth-order valence-electron chi connectivity index (χ4n) is 1.54. The van der Waals surface area contributed by atoms with Gasteiger partial charge in [0, 0.05) is 11.8 Å². The summed E-state index contributed by atoms with van der Waals surface area (Å²) in [6, 6.07) is 8.30. The molecule has 0 fully saturated rings. The lowest BCUT2D eigenvalue weighted by atomic mass is 10.1. The number of nitrogens with zero attached hydrogens (tertiary/aromatic N) is 1. The number of alkyl halides is 3. The summed E-state index contributed by atoms with van der Waals surface area (Å²) in [6.45, 7) is 0. The highest BCUT2D eigenvalue weighted by Crippen LogP contribution is 2.25. The number of carbonyl (C=O) groups is 1. The first-order chi connectivity index (χ1) is 9.35. The lowest BCUT2D eigenvalue weighted by Crippen LogP contribution is -2.16. The van der Waals surface area contributed by atoms with E-state index in [4.69, 9.17) is 5.73 Å². The van der Waals surface area contributed by atoms with Crippen molar-refractivity contribution in [1.82, 2.24) is 4.98 Å². The molecule has 7 heteroatoms. The molecule has 0 atom stereocenters. The zero-order valence-electron chi connectivity index (χ0n) is 10.0. The number of primary amides is 1. The summed E-state index contributed by atoms with van der Waals surface area (Å²) < 4.78 is 39.8. The first-order valence-electron chi connectivity index (χ1n) is 5.47. The highest BCUT2D eigenvalue weighted by molar-refractivity contribution is 5.92. The molecule has 0 aliphatic rings. The van der Waals surface area contributed by atoms with Gasteiger partial charge in [0.15, 0.2) is 0 Å². The molecular weight excluding hydrogens is 273 g/mol. The van der Waals surface area contributed by atoms with E-state index in [1.807, 2.05) is 0 Å². The third kappa shape index (κ3) is 3.47. The van der Waals surface area contributed by atoms with E-state index in [2.05, 4.69) is 9.72 Å². The van der Waals surface area contributed by atoms with Crippen LogP contribution >= 0.6 is 0 Å². The summed E-state index contributed by atoms with van der Waals surface area (Å²) in [5.41, 5.74) is 6.44. The largest absolute Gasteiger partial charge is 0.573 e. The fraction of sp³-hybridized carbons (Fsp3) is 0.0769. The van der Waals surface area contributed by atoms with Crippen LogP contribution in [0.15, 0.2) is 42.6 Å². The fourth-order valence-corrected chi connectivity index (χ4v) is 1.54. The summed E-state index contributed by atoms with van der Waals surface area (Å²) >= 11 is 0. The third-order valence-electron chi connectivity index (χ3n) is 2.43. The second-order valence-corrected chi connectivity index (χ2v) is 3.87. The van der Waals surface area contributed by atoms with Gasteiger partial charge in [-0.05, 0) is 36.4 Å². The van der Waals surface area contributed by atoms with Crippen molar-refractivity contribution in [3.05, 3.63) is 48.2 Å². The molecule has 1 heterocycles. The highest BCUT2D eigenvalue weighted by atomic mass is 19.4. The summed E-state index contributed by atoms with van der Waals surface area (Å²) in [4.78, 5) is 14.9. The standard InChI is InChI=1S/C13H9F3N2O2/c14-13(15,16)20-10-4-1-8(2-5-10)11-6-3-9(7-18-11)12(17)19/h1-7H,(H2,17,19). The zero-order chi connectivity index (χ0) is 14.8. The molecule has 0 unspecified atom stereocenters. The summed E-state index contributed by atoms with van der Waals surface area (Å²) in [7, 11) is 0. The SMILES string of the molecule is NC(=O)c1ccc(-c2ccc(OC(F)(F)F)cc2)nc1. The number of nitrogens with two attached hydrogens (primary N) is 1. The van der Waals surface area contributed by atoms with E-state index < -0.39 is 12.3 Å². The van der Waals surface area contributed by atoms with Gasteiger partial charge < -0.3 is 10.5 Å². The molecule has 2 aromatic rings. The lowest BCUT2D eigenvalue weighted by molar-refractivity contribution is -0.274. The topological polar surface area (TPSA) is 65.2 Å². The molecule has 0 spiro atoms. The monoisotopic (exact) mass is 282 g/mol. The molecular formula is C13H9F3N2O2. The molecule has 0 bridgehead atoms. The van der Waals surface area contributed by atoms with Crippen molar-refractivity contribution in [2.75, 3.05) is 0 Å². The van der Waals surface area contributed by atoms with E-state index in [0.29, 0.717) is 11.3 Å². The van der Waals surface area contributed by atoms with Crippen LogP contribution in [0.2, 0.25) is 0 Å². The Morgan fingerprint density at radius 2 is 1.75 bits per heavy atom. The third-order valence-corrected chi connectivity index (χ3v) is 2.43. The van der Waals surface area contributed by atoms with Gasteiger partial charge >= 0.3 is 6.36 Å². The van der Waals surface area contributed by atoms with Crippen LogP contribution < -0.4 is 10.5 Å². The zero-order valence-corrected chi connectivity index (χ0v) is 10.0. The normalized spacial score (nSPS) is 11.2. The predicted octanol–water partition coefficient (Wildman–Crippen LogP) is 2.75. The maximum Gasteiger partial charge on any atom is 0.573 e.